The molecule has 0 bridgehead atoms. The van der Waals surface area contributed by atoms with E-state index in [0.29, 0.717) is 31.5 Å². The van der Waals surface area contributed by atoms with E-state index in [9.17, 15) is 14.0 Å². The molecule has 1 aromatic heterocycles. The van der Waals surface area contributed by atoms with Crippen LogP contribution in [0.15, 0.2) is 35.4 Å². The van der Waals surface area contributed by atoms with E-state index >= 15 is 0 Å². The first kappa shape index (κ1) is 17.9. The van der Waals surface area contributed by atoms with Crippen LogP contribution in [0.1, 0.15) is 48.9 Å². The van der Waals surface area contributed by atoms with Gasteiger partial charge in [-0.3, -0.25) is 9.59 Å². The van der Waals surface area contributed by atoms with Gasteiger partial charge >= 0.3 is 0 Å². The van der Waals surface area contributed by atoms with Crippen molar-refractivity contribution in [3.05, 3.63) is 63.6 Å². The zero-order valence-corrected chi connectivity index (χ0v) is 15.3. The summed E-state index contributed by atoms with van der Waals surface area (Å²) in [5.74, 6) is -0.171. The third-order valence-electron chi connectivity index (χ3n) is 5.99. The maximum absolute atomic E-state index is 13.7. The highest BCUT2D eigenvalue weighted by Gasteiger charge is 2.43. The zero-order chi connectivity index (χ0) is 18.9. The molecule has 1 amide bonds. The number of rotatable bonds is 3. The monoisotopic (exact) mass is 369 g/mol. The highest BCUT2D eigenvalue weighted by Crippen LogP contribution is 2.41. The van der Waals surface area contributed by atoms with Gasteiger partial charge in [0.1, 0.15) is 5.82 Å². The van der Waals surface area contributed by atoms with E-state index in [2.05, 4.69) is 9.97 Å². The van der Waals surface area contributed by atoms with E-state index in [-0.39, 0.29) is 17.3 Å². The molecule has 1 saturated carbocycles. The van der Waals surface area contributed by atoms with Gasteiger partial charge in [-0.25, -0.2) is 9.37 Å². The number of aromatic amines is 1. The number of nitrogens with one attached hydrogen (secondary N) is 1. The molecule has 142 valence electrons. The minimum absolute atomic E-state index is 0.0976. The van der Waals surface area contributed by atoms with Crippen LogP contribution >= 0.6 is 0 Å². The van der Waals surface area contributed by atoms with Crippen LogP contribution in [0.3, 0.4) is 0 Å². The lowest BCUT2D eigenvalue weighted by atomic mass is 9.69. The number of hydrogen-bond donors (Lipinski definition) is 1. The first-order valence-electron chi connectivity index (χ1n) is 9.67. The molecule has 1 fully saturated rings. The molecule has 27 heavy (non-hydrogen) atoms. The van der Waals surface area contributed by atoms with Crippen LogP contribution in [-0.2, 0) is 24.2 Å². The molecule has 2 heterocycles. The molecule has 2 aromatic rings. The Morgan fingerprint density at radius 1 is 1.26 bits per heavy atom. The molecular weight excluding hydrogens is 345 g/mol. The van der Waals surface area contributed by atoms with E-state index in [1.54, 1.807) is 6.07 Å². The summed E-state index contributed by atoms with van der Waals surface area (Å²) in [6.07, 6.45) is 7.35. The third kappa shape index (κ3) is 3.53. The third-order valence-corrected chi connectivity index (χ3v) is 5.99. The number of carbonyl (C=O) groups excluding carboxylic acids is 1. The van der Waals surface area contributed by atoms with Gasteiger partial charge in [0.25, 0.3) is 5.56 Å². The molecule has 0 radical (unpaired) electrons. The Labute approximate surface area is 157 Å². The SMILES string of the molecule is O=C(N1CCc2nc[nH]c(=O)c2C1)C1(Cc2cccc(F)c2)CCCCC1. The van der Waals surface area contributed by atoms with Crippen molar-refractivity contribution in [1.82, 2.24) is 14.9 Å². The van der Waals surface area contributed by atoms with Gasteiger partial charge in [-0.15, -0.1) is 0 Å². The summed E-state index contributed by atoms with van der Waals surface area (Å²) in [5, 5.41) is 0. The van der Waals surface area contributed by atoms with Crippen molar-refractivity contribution in [2.45, 2.75) is 51.5 Å². The number of H-pyrrole nitrogens is 1. The summed E-state index contributed by atoms with van der Waals surface area (Å²) in [4.78, 5) is 34.4. The van der Waals surface area contributed by atoms with Gasteiger partial charge in [0, 0.05) is 13.0 Å². The summed E-state index contributed by atoms with van der Waals surface area (Å²) in [6.45, 7) is 0.884. The lowest BCUT2D eigenvalue weighted by Crippen LogP contribution is -2.49. The van der Waals surface area contributed by atoms with Crippen molar-refractivity contribution in [1.29, 1.82) is 0 Å². The Morgan fingerprint density at radius 3 is 2.85 bits per heavy atom. The first-order valence-corrected chi connectivity index (χ1v) is 9.67. The molecule has 0 saturated heterocycles. The van der Waals surface area contributed by atoms with E-state index in [0.717, 1.165) is 43.4 Å². The predicted octanol–water partition coefficient (Wildman–Crippen LogP) is 2.99. The van der Waals surface area contributed by atoms with Crippen molar-refractivity contribution in [3.63, 3.8) is 0 Å². The molecule has 5 nitrogen and oxygen atoms in total. The number of fused-ring (bicyclic) bond motifs is 1. The second-order valence-corrected chi connectivity index (χ2v) is 7.78. The van der Waals surface area contributed by atoms with Crippen LogP contribution < -0.4 is 5.56 Å². The zero-order valence-electron chi connectivity index (χ0n) is 15.3. The first-order chi connectivity index (χ1) is 13.1. The Morgan fingerprint density at radius 2 is 2.07 bits per heavy atom. The van der Waals surface area contributed by atoms with Gasteiger partial charge in [0.05, 0.1) is 29.5 Å². The number of benzene rings is 1. The van der Waals surface area contributed by atoms with Gasteiger partial charge in [-0.05, 0) is 37.0 Å². The minimum atomic E-state index is -0.501. The summed E-state index contributed by atoms with van der Waals surface area (Å²) in [5.41, 5.74) is 1.57. The highest BCUT2D eigenvalue weighted by atomic mass is 19.1. The molecule has 0 atom stereocenters. The number of halogens is 1. The lowest BCUT2D eigenvalue weighted by Gasteiger charge is -2.41. The van der Waals surface area contributed by atoms with Gasteiger partial charge in [-0.2, -0.15) is 0 Å². The normalized spacial score (nSPS) is 18.8. The van der Waals surface area contributed by atoms with Gasteiger partial charge < -0.3 is 9.88 Å². The van der Waals surface area contributed by atoms with Crippen LogP contribution in [-0.4, -0.2) is 27.3 Å². The molecule has 1 aliphatic carbocycles. The van der Waals surface area contributed by atoms with Crippen LogP contribution in [0.4, 0.5) is 4.39 Å². The van der Waals surface area contributed by atoms with E-state index in [1.165, 1.54) is 18.5 Å². The van der Waals surface area contributed by atoms with Crippen LogP contribution in [0.25, 0.3) is 0 Å². The van der Waals surface area contributed by atoms with Crippen molar-refractivity contribution < 1.29 is 9.18 Å². The Hall–Kier alpha value is -2.50. The molecule has 4 rings (SSSR count). The topological polar surface area (TPSA) is 66.1 Å². The summed E-state index contributed by atoms with van der Waals surface area (Å²) >= 11 is 0. The fourth-order valence-electron chi connectivity index (χ4n) is 4.60. The Bertz CT molecular complexity index is 902. The highest BCUT2D eigenvalue weighted by molar-refractivity contribution is 5.83. The average Bonchev–Trinajstić information content (AvgIpc) is 2.68. The van der Waals surface area contributed by atoms with E-state index in [1.807, 2.05) is 11.0 Å². The van der Waals surface area contributed by atoms with Gasteiger partial charge in [0.2, 0.25) is 5.91 Å². The van der Waals surface area contributed by atoms with Crippen molar-refractivity contribution in [3.8, 4) is 0 Å². The van der Waals surface area contributed by atoms with Crippen LogP contribution in [0.5, 0.6) is 0 Å². The Kier molecular flexibility index (Phi) is 4.81. The molecule has 6 heteroatoms. The largest absolute Gasteiger partial charge is 0.337 e. The predicted molar refractivity (Wildman–Crippen MR) is 99.6 cm³/mol. The van der Waals surface area contributed by atoms with Crippen molar-refractivity contribution >= 4 is 5.91 Å². The molecule has 1 aromatic carbocycles. The lowest BCUT2D eigenvalue weighted by molar-refractivity contribution is -0.145. The van der Waals surface area contributed by atoms with Gasteiger partial charge in [0.15, 0.2) is 0 Å². The number of hydrogen-bond acceptors (Lipinski definition) is 3. The van der Waals surface area contributed by atoms with Crippen LogP contribution in [0, 0.1) is 11.2 Å². The molecule has 1 N–H and O–H groups in total. The number of aromatic nitrogens is 2. The maximum Gasteiger partial charge on any atom is 0.255 e. The smallest absolute Gasteiger partial charge is 0.255 e. The standard InChI is InChI=1S/C21H24FN3O2/c22-16-6-4-5-15(11-16)12-21(8-2-1-3-9-21)20(27)25-10-7-18-17(13-25)19(26)24-14-23-18/h4-6,11,14H,1-3,7-10,12-13H2,(H,23,24,26). The van der Waals surface area contributed by atoms with Crippen molar-refractivity contribution in [2.24, 2.45) is 5.41 Å². The molecular formula is C21H24FN3O2. The number of carbonyl (C=O) groups is 1. The van der Waals surface area contributed by atoms with Crippen molar-refractivity contribution in [2.75, 3.05) is 6.54 Å². The number of nitrogens with zero attached hydrogens (tertiary/aromatic N) is 2. The second-order valence-electron chi connectivity index (χ2n) is 7.78. The van der Waals surface area contributed by atoms with Crippen LogP contribution in [0.2, 0.25) is 0 Å². The minimum Gasteiger partial charge on any atom is -0.337 e. The molecule has 0 spiro atoms. The summed E-state index contributed by atoms with van der Waals surface area (Å²) < 4.78 is 13.7. The summed E-state index contributed by atoms with van der Waals surface area (Å²) in [7, 11) is 0. The molecule has 2 aliphatic rings. The maximum atomic E-state index is 13.7. The van der Waals surface area contributed by atoms with E-state index < -0.39 is 5.41 Å². The van der Waals surface area contributed by atoms with Gasteiger partial charge in [-0.1, -0.05) is 31.4 Å². The molecule has 1 aliphatic heterocycles. The number of amides is 1. The second kappa shape index (κ2) is 7.25. The average molecular weight is 369 g/mol. The fourth-order valence-corrected chi connectivity index (χ4v) is 4.60. The fraction of sp³-hybridized carbons (Fsp3) is 0.476. The quantitative estimate of drug-likeness (QED) is 0.905. The summed E-state index contributed by atoms with van der Waals surface area (Å²) in [6, 6.07) is 6.56. The van der Waals surface area contributed by atoms with E-state index in [4.69, 9.17) is 0 Å². The molecule has 0 unspecified atom stereocenters. The Balaban J connectivity index is 1.62.